The molecular weight excluding hydrogens is 302 g/mol. The molecule has 0 unspecified atom stereocenters. The minimum absolute atomic E-state index is 0.0556. The van der Waals surface area contributed by atoms with Crippen LogP contribution in [0.25, 0.3) is 0 Å². The Morgan fingerprint density at radius 2 is 2.18 bits per heavy atom. The number of aryl methyl sites for hydroxylation is 2. The van der Waals surface area contributed by atoms with Crippen molar-refractivity contribution < 1.29 is 4.79 Å². The van der Waals surface area contributed by atoms with E-state index >= 15 is 0 Å². The monoisotopic (exact) mass is 313 g/mol. The molecule has 0 bridgehead atoms. The average Bonchev–Trinajstić information content (AvgIpc) is 2.54. The summed E-state index contributed by atoms with van der Waals surface area (Å²) in [4.78, 5) is 24.3. The van der Waals surface area contributed by atoms with Crippen molar-refractivity contribution in [1.29, 1.82) is 5.26 Å². The van der Waals surface area contributed by atoms with Crippen LogP contribution >= 0.6 is 11.6 Å². The maximum absolute atomic E-state index is 12.2. The van der Waals surface area contributed by atoms with Crippen LogP contribution in [0.3, 0.4) is 0 Å². The summed E-state index contributed by atoms with van der Waals surface area (Å²) in [6.07, 6.45) is 6.53. The van der Waals surface area contributed by atoms with Crippen LogP contribution in [0.2, 0.25) is 5.02 Å². The normalized spacial score (nSPS) is 13.1. The summed E-state index contributed by atoms with van der Waals surface area (Å²) in [5, 5.41) is 12.0. The number of nitrogens with one attached hydrogen (secondary N) is 1. The summed E-state index contributed by atoms with van der Waals surface area (Å²) in [5.74, 6) is -0.255. The van der Waals surface area contributed by atoms with E-state index in [0.717, 1.165) is 36.9 Å². The van der Waals surface area contributed by atoms with E-state index in [4.69, 9.17) is 11.6 Å². The molecule has 1 N–H and O–H groups in total. The number of fused-ring (bicyclic) bond motifs is 1. The maximum Gasteiger partial charge on any atom is 0.277 e. The fourth-order valence-corrected chi connectivity index (χ4v) is 2.65. The molecule has 0 atom stereocenters. The van der Waals surface area contributed by atoms with Crippen molar-refractivity contribution in [1.82, 2.24) is 15.0 Å². The first-order valence-electron chi connectivity index (χ1n) is 6.89. The van der Waals surface area contributed by atoms with Crippen molar-refractivity contribution in [3.8, 4) is 6.07 Å². The van der Waals surface area contributed by atoms with Gasteiger partial charge < -0.3 is 5.32 Å². The van der Waals surface area contributed by atoms with Gasteiger partial charge in [-0.3, -0.25) is 4.79 Å². The molecule has 0 saturated carbocycles. The molecule has 0 aromatic carbocycles. The van der Waals surface area contributed by atoms with E-state index in [1.807, 2.05) is 0 Å². The number of carbonyl (C=O) groups excluding carboxylic acids is 1. The molecule has 2 aromatic heterocycles. The van der Waals surface area contributed by atoms with E-state index < -0.39 is 5.91 Å². The molecule has 7 heteroatoms. The predicted molar refractivity (Wildman–Crippen MR) is 80.6 cm³/mol. The van der Waals surface area contributed by atoms with Gasteiger partial charge in [-0.05, 0) is 37.3 Å². The first-order valence-corrected chi connectivity index (χ1v) is 7.26. The summed E-state index contributed by atoms with van der Waals surface area (Å²) < 4.78 is 0. The molecule has 22 heavy (non-hydrogen) atoms. The van der Waals surface area contributed by atoms with Gasteiger partial charge in [-0.25, -0.2) is 15.0 Å². The van der Waals surface area contributed by atoms with Crippen LogP contribution < -0.4 is 5.32 Å². The Morgan fingerprint density at radius 3 is 2.95 bits per heavy atom. The zero-order valence-corrected chi connectivity index (χ0v) is 12.4. The SMILES string of the molecule is N#Cc1cc2c(nc1NC(=O)c1ncncc1Cl)CCCC2. The fraction of sp³-hybridized carbons (Fsp3) is 0.267. The van der Waals surface area contributed by atoms with E-state index in [-0.39, 0.29) is 16.5 Å². The summed E-state index contributed by atoms with van der Waals surface area (Å²) in [6.45, 7) is 0. The van der Waals surface area contributed by atoms with Crippen molar-refractivity contribution in [2.45, 2.75) is 25.7 Å². The van der Waals surface area contributed by atoms with Gasteiger partial charge in [-0.1, -0.05) is 11.6 Å². The molecule has 1 amide bonds. The minimum atomic E-state index is -0.507. The summed E-state index contributed by atoms with van der Waals surface area (Å²) in [5.41, 5.74) is 2.43. The number of nitrogens with zero attached hydrogens (tertiary/aromatic N) is 4. The van der Waals surface area contributed by atoms with Gasteiger partial charge in [0.2, 0.25) is 0 Å². The van der Waals surface area contributed by atoms with E-state index in [0.29, 0.717) is 5.56 Å². The Labute approximate surface area is 132 Å². The van der Waals surface area contributed by atoms with Gasteiger partial charge in [-0.2, -0.15) is 5.26 Å². The Morgan fingerprint density at radius 1 is 1.36 bits per heavy atom. The van der Waals surface area contributed by atoms with Gasteiger partial charge in [0.15, 0.2) is 11.5 Å². The highest BCUT2D eigenvalue weighted by molar-refractivity contribution is 6.33. The number of halogens is 1. The van der Waals surface area contributed by atoms with Crippen molar-refractivity contribution in [3.05, 3.63) is 46.1 Å². The second kappa shape index (κ2) is 6.08. The largest absolute Gasteiger partial charge is 0.304 e. The summed E-state index contributed by atoms with van der Waals surface area (Å²) in [7, 11) is 0. The number of anilines is 1. The standard InChI is InChI=1S/C15H12ClN5O/c16-11-7-18-8-19-13(11)15(22)21-14-10(6-17)5-9-3-1-2-4-12(9)20-14/h5,7-8H,1-4H2,(H,20,21,22). The molecule has 1 aliphatic rings. The van der Waals surface area contributed by atoms with Gasteiger partial charge in [0.05, 0.1) is 10.6 Å². The number of rotatable bonds is 2. The molecule has 0 aliphatic heterocycles. The van der Waals surface area contributed by atoms with Gasteiger partial charge in [0, 0.05) is 11.9 Å². The van der Waals surface area contributed by atoms with Gasteiger partial charge in [-0.15, -0.1) is 0 Å². The van der Waals surface area contributed by atoms with E-state index in [1.165, 1.54) is 12.5 Å². The molecule has 0 fully saturated rings. The number of nitriles is 1. The quantitative estimate of drug-likeness (QED) is 0.919. The average molecular weight is 314 g/mol. The summed E-state index contributed by atoms with van der Waals surface area (Å²) >= 11 is 5.90. The molecule has 0 radical (unpaired) electrons. The van der Waals surface area contributed by atoms with Crippen molar-refractivity contribution in [2.24, 2.45) is 0 Å². The molecule has 0 saturated heterocycles. The van der Waals surface area contributed by atoms with Crippen LogP contribution in [-0.4, -0.2) is 20.9 Å². The molecular formula is C15H12ClN5O. The van der Waals surface area contributed by atoms with E-state index in [9.17, 15) is 10.1 Å². The third-order valence-corrected chi connectivity index (χ3v) is 3.81. The Balaban J connectivity index is 1.93. The molecule has 6 nitrogen and oxygen atoms in total. The maximum atomic E-state index is 12.2. The zero-order chi connectivity index (χ0) is 15.5. The minimum Gasteiger partial charge on any atom is -0.304 e. The Bertz CT molecular complexity index is 784. The molecule has 0 spiro atoms. The van der Waals surface area contributed by atoms with E-state index in [2.05, 4.69) is 26.3 Å². The second-order valence-corrected chi connectivity index (χ2v) is 5.39. The van der Waals surface area contributed by atoms with Gasteiger partial charge in [0.25, 0.3) is 5.91 Å². The smallest absolute Gasteiger partial charge is 0.277 e. The van der Waals surface area contributed by atoms with Gasteiger partial charge in [0.1, 0.15) is 12.4 Å². The zero-order valence-electron chi connectivity index (χ0n) is 11.6. The third kappa shape index (κ3) is 2.76. The highest BCUT2D eigenvalue weighted by atomic mass is 35.5. The fourth-order valence-electron chi connectivity index (χ4n) is 2.46. The first kappa shape index (κ1) is 14.4. The number of carbonyl (C=O) groups is 1. The molecule has 2 heterocycles. The number of amides is 1. The van der Waals surface area contributed by atoms with Crippen molar-refractivity contribution >= 4 is 23.3 Å². The lowest BCUT2D eigenvalue weighted by Gasteiger charge is -2.17. The van der Waals surface area contributed by atoms with Crippen molar-refractivity contribution in [3.63, 3.8) is 0 Å². The van der Waals surface area contributed by atoms with Crippen LogP contribution in [0.5, 0.6) is 0 Å². The highest BCUT2D eigenvalue weighted by Crippen LogP contribution is 2.25. The molecule has 110 valence electrons. The Kier molecular flexibility index (Phi) is 3.98. The van der Waals surface area contributed by atoms with Crippen LogP contribution in [0.4, 0.5) is 5.82 Å². The topological polar surface area (TPSA) is 91.6 Å². The number of pyridine rings is 1. The van der Waals surface area contributed by atoms with Crippen LogP contribution in [0.15, 0.2) is 18.6 Å². The number of aromatic nitrogens is 3. The number of hydrogen-bond donors (Lipinski definition) is 1. The van der Waals surface area contributed by atoms with Gasteiger partial charge >= 0.3 is 0 Å². The molecule has 1 aliphatic carbocycles. The van der Waals surface area contributed by atoms with Crippen LogP contribution in [0, 0.1) is 11.3 Å². The Hall–Kier alpha value is -2.52. The summed E-state index contributed by atoms with van der Waals surface area (Å²) in [6, 6.07) is 3.88. The second-order valence-electron chi connectivity index (χ2n) is 4.98. The highest BCUT2D eigenvalue weighted by Gasteiger charge is 2.18. The molecule has 3 rings (SSSR count). The van der Waals surface area contributed by atoms with E-state index in [1.54, 1.807) is 6.07 Å². The number of hydrogen-bond acceptors (Lipinski definition) is 5. The predicted octanol–water partition coefficient (Wildman–Crippen LogP) is 2.53. The van der Waals surface area contributed by atoms with Crippen molar-refractivity contribution in [2.75, 3.05) is 5.32 Å². The first-order chi connectivity index (χ1) is 10.7. The van der Waals surface area contributed by atoms with Crippen LogP contribution in [-0.2, 0) is 12.8 Å². The lowest BCUT2D eigenvalue weighted by molar-refractivity contribution is 0.102. The lowest BCUT2D eigenvalue weighted by atomic mass is 9.95. The lowest BCUT2D eigenvalue weighted by Crippen LogP contribution is -2.18. The molecule has 2 aromatic rings. The van der Waals surface area contributed by atoms with Crippen LogP contribution in [0.1, 0.15) is 40.2 Å². The third-order valence-electron chi connectivity index (χ3n) is 3.54.